The number of hydrogen-bond acceptors (Lipinski definition) is 4. The number of hydrogen-bond donors (Lipinski definition) is 2. The Labute approximate surface area is 131 Å². The smallest absolute Gasteiger partial charge is 0.136 e. The van der Waals surface area contributed by atoms with Gasteiger partial charge in [-0.05, 0) is 19.1 Å². The molecule has 1 fully saturated rings. The second-order valence-corrected chi connectivity index (χ2v) is 6.68. The highest BCUT2D eigenvalue weighted by molar-refractivity contribution is 5.39. The number of nitrogens with one attached hydrogen (secondary N) is 1. The van der Waals surface area contributed by atoms with E-state index in [1.165, 1.54) is 0 Å². The number of rotatable bonds is 6. The Morgan fingerprint density at radius 3 is 3.00 bits per heavy atom. The average molecular weight is 303 g/mol. The highest BCUT2D eigenvalue weighted by Gasteiger charge is 2.59. The third-order valence-corrected chi connectivity index (χ3v) is 5.11. The first-order chi connectivity index (χ1) is 10.5. The molecule has 5 nitrogen and oxygen atoms in total. The quantitative estimate of drug-likeness (QED) is 0.857. The van der Waals surface area contributed by atoms with E-state index < -0.39 is 5.60 Å². The number of pyridine rings is 1. The molecule has 0 saturated heterocycles. The fourth-order valence-electron chi connectivity index (χ4n) is 3.28. The maximum Gasteiger partial charge on any atom is 0.136 e. The first-order valence-corrected chi connectivity index (χ1v) is 7.93. The van der Waals surface area contributed by atoms with Gasteiger partial charge >= 0.3 is 0 Å². The van der Waals surface area contributed by atoms with Gasteiger partial charge < -0.3 is 19.6 Å². The molecule has 0 spiro atoms. The fraction of sp³-hybridized carbons (Fsp3) is 0.588. The largest absolute Gasteiger partial charge is 0.388 e. The zero-order valence-corrected chi connectivity index (χ0v) is 13.5. The van der Waals surface area contributed by atoms with Gasteiger partial charge in [0.15, 0.2) is 0 Å². The number of ether oxygens (including phenoxy) is 1. The molecule has 0 aromatic carbocycles. The predicted molar refractivity (Wildman–Crippen MR) is 85.7 cm³/mol. The molecular formula is C17H25N3O2. The first kappa shape index (κ1) is 15.5. The van der Waals surface area contributed by atoms with E-state index in [0.29, 0.717) is 26.1 Å². The molecule has 2 heterocycles. The van der Waals surface area contributed by atoms with Crippen molar-refractivity contribution < 1.29 is 9.84 Å². The lowest BCUT2D eigenvalue weighted by Gasteiger charge is -2.58. The Hall–Kier alpha value is -1.43. The summed E-state index contributed by atoms with van der Waals surface area (Å²) >= 11 is 0. The Bertz CT molecular complexity index is 652. The van der Waals surface area contributed by atoms with Crippen molar-refractivity contribution in [2.75, 3.05) is 13.2 Å². The highest BCUT2D eigenvalue weighted by Crippen LogP contribution is 2.50. The van der Waals surface area contributed by atoms with Crippen LogP contribution in [0.3, 0.4) is 0 Å². The number of fused-ring (bicyclic) bond motifs is 1. The SMILES string of the molecule is CCO[C@H]1C[C@](O)(CNCc2cnc3ccccn23)C1(C)C. The zero-order chi connectivity index (χ0) is 15.8. The van der Waals surface area contributed by atoms with Crippen molar-refractivity contribution in [3.63, 3.8) is 0 Å². The minimum atomic E-state index is -0.715. The van der Waals surface area contributed by atoms with E-state index in [9.17, 15) is 5.11 Å². The maximum absolute atomic E-state index is 10.8. The molecule has 3 rings (SSSR count). The van der Waals surface area contributed by atoms with Crippen LogP contribution in [0.2, 0.25) is 0 Å². The van der Waals surface area contributed by atoms with Crippen molar-refractivity contribution >= 4 is 5.65 Å². The van der Waals surface area contributed by atoms with Crippen molar-refractivity contribution in [3.8, 4) is 0 Å². The molecule has 1 aliphatic carbocycles. The number of aromatic nitrogens is 2. The summed E-state index contributed by atoms with van der Waals surface area (Å²) in [5.41, 5.74) is 1.10. The van der Waals surface area contributed by atoms with Crippen molar-refractivity contribution in [1.82, 2.24) is 14.7 Å². The van der Waals surface area contributed by atoms with Crippen LogP contribution < -0.4 is 5.32 Å². The standard InChI is InChI=1S/C17H25N3O2/c1-4-22-14-9-17(21,16(14,2)3)12-18-10-13-11-19-15-7-5-6-8-20(13)15/h5-8,11,14,18,21H,4,9-10,12H2,1-3H3/t14-,17-/m0/s1. The molecule has 0 bridgehead atoms. The van der Waals surface area contributed by atoms with Crippen molar-refractivity contribution in [2.24, 2.45) is 5.41 Å². The van der Waals surface area contributed by atoms with E-state index in [2.05, 4.69) is 28.5 Å². The molecule has 2 atom stereocenters. The van der Waals surface area contributed by atoms with Crippen LogP contribution in [0.15, 0.2) is 30.6 Å². The van der Waals surface area contributed by atoms with Gasteiger partial charge in [0.1, 0.15) is 5.65 Å². The van der Waals surface area contributed by atoms with Gasteiger partial charge in [-0.3, -0.25) is 0 Å². The molecule has 120 valence electrons. The third-order valence-electron chi connectivity index (χ3n) is 5.11. The van der Waals surface area contributed by atoms with Crippen molar-refractivity contribution in [2.45, 2.75) is 45.4 Å². The summed E-state index contributed by atoms with van der Waals surface area (Å²) < 4.78 is 7.76. The van der Waals surface area contributed by atoms with Crippen LogP contribution in [-0.2, 0) is 11.3 Å². The summed E-state index contributed by atoms with van der Waals surface area (Å²) in [6, 6.07) is 5.96. The van der Waals surface area contributed by atoms with Crippen LogP contribution in [0.1, 0.15) is 32.9 Å². The van der Waals surface area contributed by atoms with E-state index >= 15 is 0 Å². The van der Waals surface area contributed by atoms with E-state index in [1.54, 1.807) is 0 Å². The van der Waals surface area contributed by atoms with Crippen LogP contribution in [-0.4, -0.2) is 39.3 Å². The van der Waals surface area contributed by atoms with Crippen LogP contribution >= 0.6 is 0 Å². The molecule has 5 heteroatoms. The maximum atomic E-state index is 10.8. The minimum Gasteiger partial charge on any atom is -0.388 e. The Kier molecular flexibility index (Phi) is 3.97. The Morgan fingerprint density at radius 2 is 2.27 bits per heavy atom. The van der Waals surface area contributed by atoms with Crippen LogP contribution in [0, 0.1) is 5.41 Å². The molecular weight excluding hydrogens is 278 g/mol. The van der Waals surface area contributed by atoms with Crippen LogP contribution in [0.25, 0.3) is 5.65 Å². The summed E-state index contributed by atoms with van der Waals surface area (Å²) in [7, 11) is 0. The highest BCUT2D eigenvalue weighted by atomic mass is 16.5. The molecule has 0 radical (unpaired) electrons. The van der Waals surface area contributed by atoms with Crippen LogP contribution in [0.5, 0.6) is 0 Å². The normalized spacial score (nSPS) is 27.0. The number of aliphatic hydroxyl groups is 1. The van der Waals surface area contributed by atoms with Gasteiger partial charge in [0.25, 0.3) is 0 Å². The fourth-order valence-corrected chi connectivity index (χ4v) is 3.28. The van der Waals surface area contributed by atoms with E-state index in [1.807, 2.05) is 37.5 Å². The molecule has 1 saturated carbocycles. The molecule has 0 amide bonds. The van der Waals surface area contributed by atoms with Crippen molar-refractivity contribution in [3.05, 3.63) is 36.3 Å². The lowest BCUT2D eigenvalue weighted by molar-refractivity contribution is -0.238. The second-order valence-electron chi connectivity index (χ2n) is 6.68. The monoisotopic (exact) mass is 303 g/mol. The number of nitrogens with zero attached hydrogens (tertiary/aromatic N) is 2. The number of imidazole rings is 1. The van der Waals surface area contributed by atoms with E-state index in [0.717, 1.165) is 11.3 Å². The van der Waals surface area contributed by atoms with Gasteiger partial charge in [-0.2, -0.15) is 0 Å². The molecule has 0 aliphatic heterocycles. The van der Waals surface area contributed by atoms with E-state index in [-0.39, 0.29) is 11.5 Å². The molecule has 2 aromatic heterocycles. The summed E-state index contributed by atoms with van der Waals surface area (Å²) in [6.45, 7) is 8.09. The summed E-state index contributed by atoms with van der Waals surface area (Å²) in [5, 5.41) is 14.2. The molecule has 22 heavy (non-hydrogen) atoms. The van der Waals surface area contributed by atoms with Gasteiger partial charge in [0, 0.05) is 37.7 Å². The predicted octanol–water partition coefficient (Wildman–Crippen LogP) is 1.99. The van der Waals surface area contributed by atoms with Gasteiger partial charge in [-0.1, -0.05) is 19.9 Å². The summed E-state index contributed by atoms with van der Waals surface area (Å²) in [5.74, 6) is 0. The van der Waals surface area contributed by atoms with Gasteiger partial charge in [-0.15, -0.1) is 0 Å². The zero-order valence-electron chi connectivity index (χ0n) is 13.5. The lowest BCUT2D eigenvalue weighted by atomic mass is 9.56. The molecule has 2 N–H and O–H groups in total. The minimum absolute atomic E-state index is 0.139. The Balaban J connectivity index is 1.59. The summed E-state index contributed by atoms with van der Waals surface area (Å²) in [4.78, 5) is 4.37. The second kappa shape index (κ2) is 5.65. The first-order valence-electron chi connectivity index (χ1n) is 7.93. The van der Waals surface area contributed by atoms with Crippen LogP contribution in [0.4, 0.5) is 0 Å². The average Bonchev–Trinajstić information content (AvgIpc) is 2.91. The topological polar surface area (TPSA) is 58.8 Å². The summed E-state index contributed by atoms with van der Waals surface area (Å²) in [6.07, 6.45) is 4.71. The lowest BCUT2D eigenvalue weighted by Crippen LogP contribution is -2.68. The molecule has 1 aliphatic rings. The van der Waals surface area contributed by atoms with Gasteiger partial charge in [0.2, 0.25) is 0 Å². The van der Waals surface area contributed by atoms with Gasteiger partial charge in [-0.25, -0.2) is 4.98 Å². The Morgan fingerprint density at radius 1 is 1.45 bits per heavy atom. The third kappa shape index (κ3) is 2.43. The van der Waals surface area contributed by atoms with Crippen molar-refractivity contribution in [1.29, 1.82) is 0 Å². The van der Waals surface area contributed by atoms with Gasteiger partial charge in [0.05, 0.1) is 23.6 Å². The molecule has 2 aromatic rings. The molecule has 0 unspecified atom stereocenters. The van der Waals surface area contributed by atoms with E-state index in [4.69, 9.17) is 4.74 Å².